The van der Waals surface area contributed by atoms with Gasteiger partial charge in [-0.05, 0) is 120 Å². The highest BCUT2D eigenvalue weighted by Gasteiger charge is 2.14. The molecule has 0 amide bonds. The molecule has 0 spiro atoms. The van der Waals surface area contributed by atoms with E-state index in [2.05, 4.69) is 130 Å². The van der Waals surface area contributed by atoms with Crippen molar-refractivity contribution in [1.82, 2.24) is 0 Å². The van der Waals surface area contributed by atoms with Gasteiger partial charge in [0.1, 0.15) is 0 Å². The van der Waals surface area contributed by atoms with Gasteiger partial charge in [0, 0.05) is 5.56 Å². The van der Waals surface area contributed by atoms with Crippen LogP contribution in [0.2, 0.25) is 0 Å². The second-order valence-corrected chi connectivity index (χ2v) is 13.9. The molecule has 0 aromatic heterocycles. The van der Waals surface area contributed by atoms with E-state index in [0.29, 0.717) is 0 Å². The van der Waals surface area contributed by atoms with Crippen molar-refractivity contribution in [2.75, 3.05) is 17.3 Å². The Hall–Kier alpha value is -3.73. The minimum absolute atomic E-state index is 0.814. The first-order chi connectivity index (χ1) is 18.5. The van der Waals surface area contributed by atoms with Crippen LogP contribution in [0.1, 0.15) is 33.3 Å². The van der Waals surface area contributed by atoms with Gasteiger partial charge in [-0.25, -0.2) is 0 Å². The Labute approximate surface area is 228 Å². The normalized spacial score (nSPS) is 11.8. The molecule has 6 rings (SSSR count). The van der Waals surface area contributed by atoms with Crippen molar-refractivity contribution in [1.29, 1.82) is 0 Å². The lowest BCUT2D eigenvalue weighted by Gasteiger charge is -2.30. The first-order valence-electron chi connectivity index (χ1n) is 13.6. The van der Waals surface area contributed by atoms with Gasteiger partial charge in [-0.2, -0.15) is 10.0 Å². The largest absolute Gasteiger partial charge is 0.178 e. The van der Waals surface area contributed by atoms with Gasteiger partial charge in [0.05, 0.1) is 0 Å². The molecule has 0 nitrogen and oxygen atoms in total. The summed E-state index contributed by atoms with van der Waals surface area (Å²) < 4.78 is 0. The molecular weight excluding hydrogens is 476 g/mol. The predicted octanol–water partition coefficient (Wildman–Crippen LogP) is 10.8. The van der Waals surface area contributed by atoms with Gasteiger partial charge in [-0.15, -0.1) is 6.58 Å². The molecule has 0 unspecified atom stereocenters. The lowest BCUT2D eigenvalue weighted by Crippen LogP contribution is -2.05. The highest BCUT2D eigenvalue weighted by atomic mass is 32.3. The maximum atomic E-state index is 3.69. The first kappa shape index (κ1) is 25.9. The van der Waals surface area contributed by atoms with Crippen LogP contribution < -0.4 is 0 Å². The molecule has 0 saturated heterocycles. The minimum atomic E-state index is -0.814. The van der Waals surface area contributed by atoms with Gasteiger partial charge in [0.15, 0.2) is 0 Å². The monoisotopic (exact) mass is 512 g/mol. The molecule has 0 saturated carbocycles. The van der Waals surface area contributed by atoms with Gasteiger partial charge >= 0.3 is 0 Å². The third kappa shape index (κ3) is 4.78. The van der Waals surface area contributed by atoms with Crippen LogP contribution in [0, 0.1) is 11.2 Å². The van der Waals surface area contributed by atoms with Gasteiger partial charge in [0.2, 0.25) is 0 Å². The Morgan fingerprint density at radius 1 is 0.579 bits per heavy atom. The van der Waals surface area contributed by atoms with Gasteiger partial charge in [0.25, 0.3) is 0 Å². The fraction of sp³-hybridized carbons (Fsp3) is 0.189. The third-order valence-corrected chi connectivity index (χ3v) is 11.6. The summed E-state index contributed by atoms with van der Waals surface area (Å²) in [6.45, 7) is 12.1. The van der Waals surface area contributed by atoms with Crippen LogP contribution in [-0.2, 0) is 0 Å². The number of benzene rings is 6. The lowest BCUT2D eigenvalue weighted by atomic mass is 9.93. The van der Waals surface area contributed by atoms with Crippen molar-refractivity contribution in [3.63, 3.8) is 0 Å². The van der Waals surface area contributed by atoms with Crippen LogP contribution in [0.25, 0.3) is 53.9 Å². The number of fused-ring (bicyclic) bond motifs is 7. The average Bonchev–Trinajstić information content (AvgIpc) is 2.96. The quantitative estimate of drug-likeness (QED) is 0.0957. The predicted molar refractivity (Wildman–Crippen MR) is 176 cm³/mol. The lowest BCUT2D eigenvalue weighted by molar-refractivity contribution is 1.36. The Morgan fingerprint density at radius 3 is 1.61 bits per heavy atom. The summed E-state index contributed by atoms with van der Waals surface area (Å²) in [4.78, 5) is 0. The topological polar surface area (TPSA) is 0 Å². The summed E-state index contributed by atoms with van der Waals surface area (Å²) >= 11 is 0. The Balaban J connectivity index is 0.000000937. The molecule has 190 valence electrons. The molecule has 38 heavy (non-hydrogen) atoms. The van der Waals surface area contributed by atoms with Gasteiger partial charge < -0.3 is 0 Å². The van der Waals surface area contributed by atoms with E-state index in [1.807, 2.05) is 6.92 Å². The third-order valence-electron chi connectivity index (χ3n) is 7.73. The van der Waals surface area contributed by atoms with E-state index >= 15 is 0 Å². The molecule has 0 bridgehead atoms. The number of hydrogen-bond donors (Lipinski definition) is 0. The summed E-state index contributed by atoms with van der Waals surface area (Å²) in [5.41, 5.74) is 1.13. The summed E-state index contributed by atoms with van der Waals surface area (Å²) in [5.74, 6) is 7.08. The molecule has 0 aliphatic rings. The standard InChI is InChI=1S/C34H30S.C3H6/c1-4-35(5-2,6-3)18-17-24-11-12-27-23-34-29(21-30(27)19-24)14-16-31-32(34)15-13-28-20-25-9-7-8-10-26(25)22-33(28)31;1-3-2/h7-16,19-23H,4-6H2,1-3H3;3H,1H2,2H3. The first-order valence-corrected chi connectivity index (χ1v) is 15.8. The van der Waals surface area contributed by atoms with Crippen LogP contribution in [0.15, 0.2) is 104 Å². The molecule has 6 aromatic rings. The SMILES string of the molecule is C=CC.CCS(C#Cc1ccc2cc3c(ccc4c5cc6ccccc6cc5ccc34)cc2c1)(CC)CC. The second-order valence-electron chi connectivity index (χ2n) is 9.83. The van der Waals surface area contributed by atoms with Crippen LogP contribution in [-0.4, -0.2) is 17.3 Å². The zero-order valence-corrected chi connectivity index (χ0v) is 23.8. The smallest absolute Gasteiger partial charge is 0.0260 e. The summed E-state index contributed by atoms with van der Waals surface area (Å²) in [7, 11) is -0.814. The van der Waals surface area contributed by atoms with Crippen molar-refractivity contribution in [3.8, 4) is 11.2 Å². The van der Waals surface area contributed by atoms with E-state index in [4.69, 9.17) is 0 Å². The van der Waals surface area contributed by atoms with Crippen LogP contribution in [0.5, 0.6) is 0 Å². The minimum Gasteiger partial charge on any atom is -0.178 e. The number of hydrogen-bond acceptors (Lipinski definition) is 0. The van der Waals surface area contributed by atoms with E-state index in [1.54, 1.807) is 6.08 Å². The van der Waals surface area contributed by atoms with Crippen molar-refractivity contribution < 1.29 is 0 Å². The Bertz CT molecular complexity index is 1850. The van der Waals surface area contributed by atoms with Gasteiger partial charge in [-0.1, -0.05) is 87.4 Å². The molecule has 1 heteroatoms. The molecule has 0 aliphatic heterocycles. The number of rotatable bonds is 3. The fourth-order valence-electron chi connectivity index (χ4n) is 5.38. The zero-order chi connectivity index (χ0) is 26.7. The van der Waals surface area contributed by atoms with Crippen molar-refractivity contribution in [2.24, 2.45) is 0 Å². The van der Waals surface area contributed by atoms with Gasteiger partial charge in [-0.3, -0.25) is 0 Å². The highest BCUT2D eigenvalue weighted by Crippen LogP contribution is 2.45. The molecule has 0 atom stereocenters. The Morgan fingerprint density at radius 2 is 1.05 bits per heavy atom. The summed E-state index contributed by atoms with van der Waals surface area (Å²) in [6, 6.07) is 33.8. The zero-order valence-electron chi connectivity index (χ0n) is 23.0. The number of allylic oxidation sites excluding steroid dienone is 1. The highest BCUT2D eigenvalue weighted by molar-refractivity contribution is 8.37. The Kier molecular flexibility index (Phi) is 7.46. The van der Waals surface area contributed by atoms with E-state index in [0.717, 1.165) is 5.56 Å². The molecule has 0 aliphatic carbocycles. The van der Waals surface area contributed by atoms with Crippen LogP contribution in [0.3, 0.4) is 0 Å². The van der Waals surface area contributed by atoms with E-state index in [-0.39, 0.29) is 0 Å². The second kappa shape index (κ2) is 10.9. The molecular formula is C37H36S. The van der Waals surface area contributed by atoms with Crippen molar-refractivity contribution in [2.45, 2.75) is 27.7 Å². The van der Waals surface area contributed by atoms with Crippen molar-refractivity contribution >= 4 is 63.9 Å². The van der Waals surface area contributed by atoms with Crippen LogP contribution >= 0.6 is 10.0 Å². The molecule has 0 N–H and O–H groups in total. The average molecular weight is 513 g/mol. The molecule has 0 radical (unpaired) electrons. The van der Waals surface area contributed by atoms with E-state index in [9.17, 15) is 0 Å². The summed E-state index contributed by atoms with van der Waals surface area (Å²) in [6.07, 6.45) is 1.75. The fourth-order valence-corrected chi connectivity index (χ4v) is 7.38. The molecule has 6 aromatic carbocycles. The summed E-state index contributed by atoms with van der Waals surface area (Å²) in [5, 5.41) is 16.7. The van der Waals surface area contributed by atoms with Crippen molar-refractivity contribution in [3.05, 3.63) is 109 Å². The van der Waals surface area contributed by atoms with E-state index in [1.165, 1.54) is 71.1 Å². The maximum Gasteiger partial charge on any atom is 0.0260 e. The molecule has 0 heterocycles. The van der Waals surface area contributed by atoms with Crippen LogP contribution in [0.4, 0.5) is 0 Å². The molecule has 0 fully saturated rings. The maximum absolute atomic E-state index is 3.69. The van der Waals surface area contributed by atoms with E-state index < -0.39 is 10.0 Å².